The highest BCUT2D eigenvalue weighted by atomic mass is 19.3. The van der Waals surface area contributed by atoms with Crippen molar-refractivity contribution in [1.82, 2.24) is 0 Å². The Bertz CT molecular complexity index is 782. The maximum Gasteiger partial charge on any atom is 0.345 e. The third-order valence-electron chi connectivity index (χ3n) is 5.02. The highest BCUT2D eigenvalue weighted by Crippen LogP contribution is 2.38. The summed E-state index contributed by atoms with van der Waals surface area (Å²) in [5, 5.41) is 0. The minimum absolute atomic E-state index is 0.00981. The molecule has 1 aliphatic rings. The van der Waals surface area contributed by atoms with Crippen LogP contribution in [0.3, 0.4) is 0 Å². The van der Waals surface area contributed by atoms with Gasteiger partial charge in [-0.25, -0.2) is 0 Å². The zero-order valence-electron chi connectivity index (χ0n) is 15.4. The zero-order chi connectivity index (χ0) is 19.1. The van der Waals surface area contributed by atoms with Crippen LogP contribution in [0.4, 0.5) is 8.78 Å². The summed E-state index contributed by atoms with van der Waals surface area (Å²) < 4.78 is 35.2. The molecule has 0 bridgehead atoms. The Morgan fingerprint density at radius 2 is 1.78 bits per heavy atom. The number of hydrogen-bond acceptors (Lipinski definition) is 2. The maximum atomic E-state index is 12.7. The van der Waals surface area contributed by atoms with Crippen LogP contribution in [0.1, 0.15) is 24.0 Å². The van der Waals surface area contributed by atoms with Crippen LogP contribution in [0.5, 0.6) is 5.75 Å². The molecule has 2 nitrogen and oxygen atoms in total. The Morgan fingerprint density at radius 1 is 1.04 bits per heavy atom. The van der Waals surface area contributed by atoms with E-state index >= 15 is 0 Å². The highest BCUT2D eigenvalue weighted by Gasteiger charge is 2.30. The lowest BCUT2D eigenvalue weighted by atomic mass is 9.75. The van der Waals surface area contributed by atoms with Gasteiger partial charge in [0.1, 0.15) is 5.75 Å². The third kappa shape index (κ3) is 5.27. The van der Waals surface area contributed by atoms with E-state index in [0.29, 0.717) is 6.42 Å². The van der Waals surface area contributed by atoms with Gasteiger partial charge in [-0.2, -0.15) is 8.78 Å². The molecule has 0 fully saturated rings. The first-order valence-electron chi connectivity index (χ1n) is 9.08. The van der Waals surface area contributed by atoms with Crippen molar-refractivity contribution in [1.29, 1.82) is 0 Å². The molecule has 2 aromatic carbocycles. The normalized spacial score (nSPS) is 19.2. The zero-order valence-corrected chi connectivity index (χ0v) is 15.4. The summed E-state index contributed by atoms with van der Waals surface area (Å²) in [4.78, 5) is 0. The molecule has 0 saturated carbocycles. The Morgan fingerprint density at radius 3 is 2.37 bits per heavy atom. The summed E-state index contributed by atoms with van der Waals surface area (Å²) in [6, 6.07) is 17.9. The summed E-state index contributed by atoms with van der Waals surface area (Å²) >= 11 is 0. The second-order valence-corrected chi connectivity index (χ2v) is 6.85. The monoisotopic (exact) mass is 370 g/mol. The van der Waals surface area contributed by atoms with Crippen molar-refractivity contribution in [2.75, 3.05) is 13.7 Å². The van der Waals surface area contributed by atoms with Crippen molar-refractivity contribution < 1.29 is 18.3 Å². The van der Waals surface area contributed by atoms with Gasteiger partial charge in [-0.3, -0.25) is 0 Å². The summed E-state index contributed by atoms with van der Waals surface area (Å²) in [5.41, 5.74) is 2.98. The van der Waals surface area contributed by atoms with Gasteiger partial charge in [-0.1, -0.05) is 60.7 Å². The standard InChI is InChI=1S/C23H24F2O2/c1-26-21-9-7-18(8-10-21)11-14-23(17-27-22(24)25)15-12-20(13-16-23)19-5-3-2-4-6-19/h2-10,12-13,15,22H,11,14,16-17H2,1H3. The highest BCUT2D eigenvalue weighted by molar-refractivity contribution is 5.75. The molecule has 0 radical (unpaired) electrons. The lowest BCUT2D eigenvalue weighted by molar-refractivity contribution is -0.147. The molecule has 0 aliphatic heterocycles. The van der Waals surface area contributed by atoms with Gasteiger partial charge in [0.2, 0.25) is 0 Å². The molecule has 0 saturated heterocycles. The Hall–Kier alpha value is -2.46. The van der Waals surface area contributed by atoms with Crippen molar-refractivity contribution >= 4 is 5.57 Å². The SMILES string of the molecule is COc1ccc(CCC2(COC(F)F)C=CC(c3ccccc3)=CC2)cc1. The van der Waals surface area contributed by atoms with Crippen molar-refractivity contribution in [2.24, 2.45) is 5.41 Å². The molecule has 0 N–H and O–H groups in total. The molecule has 0 aromatic heterocycles. The minimum atomic E-state index is -2.75. The van der Waals surface area contributed by atoms with Crippen molar-refractivity contribution in [2.45, 2.75) is 25.9 Å². The van der Waals surface area contributed by atoms with E-state index in [2.05, 4.69) is 18.2 Å². The fourth-order valence-corrected chi connectivity index (χ4v) is 3.34. The second-order valence-electron chi connectivity index (χ2n) is 6.85. The van der Waals surface area contributed by atoms with Crippen molar-refractivity contribution in [3.8, 4) is 5.75 Å². The largest absolute Gasteiger partial charge is 0.497 e. The van der Waals surface area contributed by atoms with Crippen LogP contribution in [0, 0.1) is 5.41 Å². The predicted octanol–water partition coefficient (Wildman–Crippen LogP) is 5.90. The lowest BCUT2D eigenvalue weighted by Crippen LogP contribution is -2.28. The van der Waals surface area contributed by atoms with Gasteiger partial charge in [-0.15, -0.1) is 0 Å². The van der Waals surface area contributed by atoms with Gasteiger partial charge in [-0.05, 0) is 48.1 Å². The first-order valence-corrected chi connectivity index (χ1v) is 9.08. The number of benzene rings is 2. The molecule has 0 heterocycles. The average Bonchev–Trinajstić information content (AvgIpc) is 2.72. The number of allylic oxidation sites excluding steroid dienone is 3. The van der Waals surface area contributed by atoms with Crippen LogP contribution < -0.4 is 4.74 Å². The van der Waals surface area contributed by atoms with Crippen LogP contribution in [-0.4, -0.2) is 20.3 Å². The van der Waals surface area contributed by atoms with E-state index in [9.17, 15) is 8.78 Å². The van der Waals surface area contributed by atoms with E-state index in [1.807, 2.05) is 54.6 Å². The summed E-state index contributed by atoms with van der Waals surface area (Å²) in [6.45, 7) is -2.74. The smallest absolute Gasteiger partial charge is 0.345 e. The molecule has 1 aliphatic carbocycles. The molecule has 2 aromatic rings. The van der Waals surface area contributed by atoms with E-state index in [0.717, 1.165) is 35.3 Å². The average molecular weight is 370 g/mol. The summed E-state index contributed by atoms with van der Waals surface area (Å²) in [5.74, 6) is 0.808. The fourth-order valence-electron chi connectivity index (χ4n) is 3.34. The topological polar surface area (TPSA) is 18.5 Å². The number of hydrogen-bond donors (Lipinski definition) is 0. The Kier molecular flexibility index (Phi) is 6.40. The Labute approximate surface area is 159 Å². The van der Waals surface area contributed by atoms with E-state index < -0.39 is 12.0 Å². The van der Waals surface area contributed by atoms with Gasteiger partial charge >= 0.3 is 6.61 Å². The van der Waals surface area contributed by atoms with Crippen LogP contribution >= 0.6 is 0 Å². The molecule has 27 heavy (non-hydrogen) atoms. The molecular formula is C23H24F2O2. The quantitative estimate of drug-likeness (QED) is 0.576. The molecule has 4 heteroatoms. The van der Waals surface area contributed by atoms with Gasteiger partial charge < -0.3 is 9.47 Å². The van der Waals surface area contributed by atoms with Gasteiger partial charge in [0.05, 0.1) is 13.7 Å². The fraction of sp³-hybridized carbons (Fsp3) is 0.304. The van der Waals surface area contributed by atoms with E-state index in [4.69, 9.17) is 9.47 Å². The maximum absolute atomic E-state index is 12.7. The van der Waals surface area contributed by atoms with E-state index in [-0.39, 0.29) is 6.61 Å². The molecular weight excluding hydrogens is 346 g/mol. The predicted molar refractivity (Wildman–Crippen MR) is 104 cm³/mol. The molecule has 0 amide bonds. The number of alkyl halides is 2. The summed E-state index contributed by atoms with van der Waals surface area (Å²) in [7, 11) is 1.63. The van der Waals surface area contributed by atoms with Crippen molar-refractivity contribution in [3.05, 3.63) is 84.0 Å². The second kappa shape index (κ2) is 8.96. The van der Waals surface area contributed by atoms with Crippen LogP contribution in [0.15, 0.2) is 72.8 Å². The van der Waals surface area contributed by atoms with Crippen molar-refractivity contribution in [3.63, 3.8) is 0 Å². The van der Waals surface area contributed by atoms with Gasteiger partial charge in [0, 0.05) is 5.41 Å². The molecule has 3 rings (SSSR count). The number of aryl methyl sites for hydroxylation is 1. The Balaban J connectivity index is 1.71. The van der Waals surface area contributed by atoms with Gasteiger partial charge in [0.25, 0.3) is 0 Å². The first-order chi connectivity index (χ1) is 13.1. The third-order valence-corrected chi connectivity index (χ3v) is 5.02. The minimum Gasteiger partial charge on any atom is -0.497 e. The number of halogens is 2. The molecule has 0 spiro atoms. The molecule has 1 atom stereocenters. The summed E-state index contributed by atoms with van der Waals surface area (Å²) in [6.07, 6.45) is 8.40. The van der Waals surface area contributed by atoms with Crippen LogP contribution in [0.2, 0.25) is 0 Å². The first kappa shape index (κ1) is 19.3. The van der Waals surface area contributed by atoms with Crippen LogP contribution in [-0.2, 0) is 11.2 Å². The van der Waals surface area contributed by atoms with E-state index in [1.54, 1.807) is 7.11 Å². The number of methoxy groups -OCH3 is 1. The van der Waals surface area contributed by atoms with E-state index in [1.165, 1.54) is 0 Å². The molecule has 142 valence electrons. The molecule has 1 unspecified atom stereocenters. The lowest BCUT2D eigenvalue weighted by Gasteiger charge is -2.32. The van der Waals surface area contributed by atoms with Gasteiger partial charge in [0.15, 0.2) is 0 Å². The number of ether oxygens (including phenoxy) is 2. The van der Waals surface area contributed by atoms with Crippen LogP contribution in [0.25, 0.3) is 5.57 Å². The number of rotatable bonds is 8.